The molecule has 11 aromatic carbocycles. The molecular formula is C71H48N4. The third-order valence-corrected chi connectivity index (χ3v) is 14.8. The zero-order chi connectivity index (χ0) is 49.7. The highest BCUT2D eigenvalue weighted by Crippen LogP contribution is 2.42. The van der Waals surface area contributed by atoms with Gasteiger partial charge in [-0.3, -0.25) is 4.98 Å². The van der Waals surface area contributed by atoms with Crippen LogP contribution in [0.4, 0.5) is 17.1 Å². The number of pyridine rings is 1. The molecule has 0 saturated heterocycles. The lowest BCUT2D eigenvalue weighted by molar-refractivity contribution is 1.18. The van der Waals surface area contributed by atoms with Crippen LogP contribution < -0.4 is 4.90 Å². The molecule has 14 rings (SSSR count). The lowest BCUT2D eigenvalue weighted by atomic mass is 9.92. The normalized spacial score (nSPS) is 11.5. The molecule has 0 bridgehead atoms. The zero-order valence-electron chi connectivity index (χ0n) is 41.0. The van der Waals surface area contributed by atoms with Gasteiger partial charge in [0, 0.05) is 62.4 Å². The number of anilines is 3. The number of aromatic nitrogens is 3. The van der Waals surface area contributed by atoms with Crippen molar-refractivity contribution in [3.05, 3.63) is 291 Å². The molecule has 0 atom stereocenters. The van der Waals surface area contributed by atoms with Crippen molar-refractivity contribution in [1.29, 1.82) is 0 Å². The van der Waals surface area contributed by atoms with Crippen molar-refractivity contribution >= 4 is 60.7 Å². The summed E-state index contributed by atoms with van der Waals surface area (Å²) in [6, 6.07) is 101. The summed E-state index contributed by atoms with van der Waals surface area (Å²) in [5, 5.41) is 4.92. The largest absolute Gasteiger partial charge is 0.311 e. The average Bonchev–Trinajstić information content (AvgIpc) is 4.01. The summed E-state index contributed by atoms with van der Waals surface area (Å²) in [4.78, 5) is 6.59. The first-order chi connectivity index (χ1) is 37.2. The molecule has 0 saturated carbocycles. The molecule has 0 fully saturated rings. The molecule has 0 aliphatic rings. The SMILES string of the molecule is c1ccc(-c2ccc(N(c3ccc(-c4ccncc4)cc3)c3ccc(-c4cc(-c5ccc6c(c5)c5ccccc5n6-c5ccccc5)cc(-c5ccc6c(c5)c5ccccc5n6-c5ccccc5)c4)cc3)cc2)cc1. The van der Waals surface area contributed by atoms with E-state index in [1.807, 2.05) is 12.4 Å². The van der Waals surface area contributed by atoms with Crippen LogP contribution in [0.25, 0.3) is 111 Å². The van der Waals surface area contributed by atoms with Crippen molar-refractivity contribution in [2.75, 3.05) is 4.90 Å². The molecule has 4 heteroatoms. The van der Waals surface area contributed by atoms with E-state index in [2.05, 4.69) is 298 Å². The zero-order valence-corrected chi connectivity index (χ0v) is 41.0. The Morgan fingerprint density at radius 3 is 0.987 bits per heavy atom. The molecule has 3 heterocycles. The quantitative estimate of drug-likeness (QED) is 0.137. The second-order valence-electron chi connectivity index (χ2n) is 19.2. The molecule has 0 aliphatic heterocycles. The smallest absolute Gasteiger partial charge is 0.0541 e. The van der Waals surface area contributed by atoms with Crippen molar-refractivity contribution in [2.45, 2.75) is 0 Å². The van der Waals surface area contributed by atoms with Gasteiger partial charge in [-0.15, -0.1) is 0 Å². The molecule has 0 radical (unpaired) electrons. The van der Waals surface area contributed by atoms with E-state index in [1.165, 1.54) is 65.9 Å². The van der Waals surface area contributed by atoms with Gasteiger partial charge in [0.25, 0.3) is 0 Å². The van der Waals surface area contributed by atoms with Gasteiger partial charge in [-0.1, -0.05) is 152 Å². The highest BCUT2D eigenvalue weighted by atomic mass is 15.1. The first kappa shape index (κ1) is 43.7. The minimum atomic E-state index is 1.07. The van der Waals surface area contributed by atoms with Crippen LogP contribution in [0.1, 0.15) is 0 Å². The van der Waals surface area contributed by atoms with Gasteiger partial charge in [-0.25, -0.2) is 0 Å². The van der Waals surface area contributed by atoms with Gasteiger partial charge < -0.3 is 14.0 Å². The van der Waals surface area contributed by atoms with Gasteiger partial charge in [-0.05, 0) is 183 Å². The molecular weight excluding hydrogens is 909 g/mol. The fourth-order valence-corrected chi connectivity index (χ4v) is 11.2. The second-order valence-corrected chi connectivity index (χ2v) is 19.2. The van der Waals surface area contributed by atoms with Crippen molar-refractivity contribution in [1.82, 2.24) is 14.1 Å². The van der Waals surface area contributed by atoms with E-state index in [1.54, 1.807) is 0 Å². The second kappa shape index (κ2) is 18.5. The molecule has 0 spiro atoms. The summed E-state index contributed by atoms with van der Waals surface area (Å²) in [6.45, 7) is 0. The van der Waals surface area contributed by atoms with Crippen LogP contribution in [0.3, 0.4) is 0 Å². The maximum Gasteiger partial charge on any atom is 0.0541 e. The number of nitrogens with zero attached hydrogens (tertiary/aromatic N) is 4. The van der Waals surface area contributed by atoms with E-state index >= 15 is 0 Å². The number of hydrogen-bond acceptors (Lipinski definition) is 2. The van der Waals surface area contributed by atoms with Gasteiger partial charge in [0.2, 0.25) is 0 Å². The van der Waals surface area contributed by atoms with Crippen LogP contribution in [0.2, 0.25) is 0 Å². The Bertz CT molecular complexity index is 4090. The van der Waals surface area contributed by atoms with Crippen LogP contribution >= 0.6 is 0 Å². The summed E-state index contributed by atoms with van der Waals surface area (Å²) in [5.74, 6) is 0. The van der Waals surface area contributed by atoms with Crippen LogP contribution in [0.15, 0.2) is 291 Å². The molecule has 352 valence electrons. The van der Waals surface area contributed by atoms with Crippen LogP contribution in [-0.2, 0) is 0 Å². The topological polar surface area (TPSA) is 26.0 Å². The van der Waals surface area contributed by atoms with Crippen molar-refractivity contribution in [3.8, 4) is 67.0 Å². The lowest BCUT2D eigenvalue weighted by Crippen LogP contribution is -2.09. The molecule has 75 heavy (non-hydrogen) atoms. The molecule has 4 nitrogen and oxygen atoms in total. The summed E-state index contributed by atoms with van der Waals surface area (Å²) in [6.07, 6.45) is 3.69. The van der Waals surface area contributed by atoms with Crippen molar-refractivity contribution in [3.63, 3.8) is 0 Å². The third-order valence-electron chi connectivity index (χ3n) is 14.8. The number of benzene rings is 11. The first-order valence-electron chi connectivity index (χ1n) is 25.6. The summed E-state index contributed by atoms with van der Waals surface area (Å²) in [5.41, 5.74) is 21.9. The Kier molecular flexibility index (Phi) is 10.8. The van der Waals surface area contributed by atoms with Crippen LogP contribution in [-0.4, -0.2) is 14.1 Å². The fourth-order valence-electron chi connectivity index (χ4n) is 11.2. The third kappa shape index (κ3) is 7.93. The summed E-state index contributed by atoms with van der Waals surface area (Å²) in [7, 11) is 0. The number of hydrogen-bond donors (Lipinski definition) is 0. The van der Waals surface area contributed by atoms with Crippen LogP contribution in [0.5, 0.6) is 0 Å². The van der Waals surface area contributed by atoms with Crippen molar-refractivity contribution < 1.29 is 0 Å². The first-order valence-corrected chi connectivity index (χ1v) is 25.6. The number of fused-ring (bicyclic) bond motifs is 6. The van der Waals surface area contributed by atoms with Gasteiger partial charge in [0.1, 0.15) is 0 Å². The van der Waals surface area contributed by atoms with E-state index < -0.39 is 0 Å². The van der Waals surface area contributed by atoms with Gasteiger partial charge in [0.15, 0.2) is 0 Å². The standard InChI is InChI=1S/C71H48N4/c1-4-14-49(15-5-1)50-24-32-61(33-25-50)73(62-34-26-51(27-35-62)53-40-42-72-43-41-53)63-36-28-52(29-37-63)56-44-57(54-30-38-70-66(47-54)64-20-10-12-22-68(64)74(70)59-16-6-2-7-17-59)46-58(45-56)55-31-39-71-67(48-55)65-21-11-13-23-69(65)75(71)60-18-8-3-9-19-60/h1-48H. The Morgan fingerprint density at radius 1 is 0.227 bits per heavy atom. The Balaban J connectivity index is 0.912. The van der Waals surface area contributed by atoms with Gasteiger partial charge in [0.05, 0.1) is 22.1 Å². The average molecular weight is 957 g/mol. The van der Waals surface area contributed by atoms with Gasteiger partial charge in [-0.2, -0.15) is 0 Å². The summed E-state index contributed by atoms with van der Waals surface area (Å²) < 4.78 is 4.77. The van der Waals surface area contributed by atoms with E-state index in [9.17, 15) is 0 Å². The maximum absolute atomic E-state index is 4.25. The molecule has 3 aromatic heterocycles. The maximum atomic E-state index is 4.25. The molecule has 0 N–H and O–H groups in total. The Morgan fingerprint density at radius 2 is 0.547 bits per heavy atom. The summed E-state index contributed by atoms with van der Waals surface area (Å²) >= 11 is 0. The Hall–Kier alpha value is -10.0. The van der Waals surface area contributed by atoms with Crippen LogP contribution in [0, 0.1) is 0 Å². The van der Waals surface area contributed by atoms with Gasteiger partial charge >= 0.3 is 0 Å². The van der Waals surface area contributed by atoms with E-state index in [0.717, 1.165) is 61.8 Å². The number of rotatable bonds is 10. The fraction of sp³-hybridized carbons (Fsp3) is 0. The Labute approximate surface area is 435 Å². The lowest BCUT2D eigenvalue weighted by Gasteiger charge is -2.26. The van der Waals surface area contributed by atoms with Crippen molar-refractivity contribution in [2.24, 2.45) is 0 Å². The predicted molar refractivity (Wildman–Crippen MR) is 315 cm³/mol. The minimum Gasteiger partial charge on any atom is -0.311 e. The molecule has 0 amide bonds. The number of para-hydroxylation sites is 4. The predicted octanol–water partition coefficient (Wildman–Crippen LogP) is 19.1. The highest BCUT2D eigenvalue weighted by Gasteiger charge is 2.19. The van der Waals surface area contributed by atoms with E-state index in [-0.39, 0.29) is 0 Å². The monoisotopic (exact) mass is 956 g/mol. The molecule has 0 unspecified atom stereocenters. The minimum absolute atomic E-state index is 1.07. The molecule has 14 aromatic rings. The van der Waals surface area contributed by atoms with E-state index in [0.29, 0.717) is 0 Å². The highest BCUT2D eigenvalue weighted by molar-refractivity contribution is 6.12. The molecule has 0 aliphatic carbocycles. The van der Waals surface area contributed by atoms with E-state index in [4.69, 9.17) is 0 Å².